The highest BCUT2D eigenvalue weighted by molar-refractivity contribution is 7.91. The van der Waals surface area contributed by atoms with Crippen LogP contribution < -0.4 is 0 Å². The molecule has 0 radical (unpaired) electrons. The van der Waals surface area contributed by atoms with Crippen molar-refractivity contribution < 1.29 is 17.6 Å². The smallest absolute Gasteiger partial charge is 0.169 e. The quantitative estimate of drug-likeness (QED) is 0.791. The molecule has 1 aliphatic rings. The second-order valence-corrected chi connectivity index (χ2v) is 7.40. The zero-order chi connectivity index (χ0) is 13.3. The van der Waals surface area contributed by atoms with E-state index in [2.05, 4.69) is 0 Å². The third kappa shape index (κ3) is 2.66. The van der Waals surface area contributed by atoms with Crippen molar-refractivity contribution in [1.29, 1.82) is 0 Å². The highest BCUT2D eigenvalue weighted by Crippen LogP contribution is 2.31. The van der Waals surface area contributed by atoms with E-state index in [1.807, 2.05) is 0 Å². The fourth-order valence-electron chi connectivity index (χ4n) is 2.63. The summed E-state index contributed by atoms with van der Waals surface area (Å²) in [5.41, 5.74) is 0.592. The van der Waals surface area contributed by atoms with Gasteiger partial charge in [-0.25, -0.2) is 8.42 Å². The van der Waals surface area contributed by atoms with E-state index < -0.39 is 9.84 Å². The maximum atomic E-state index is 12.3. The number of furan rings is 1. The molecule has 2 rings (SSSR count). The second-order valence-electron chi connectivity index (χ2n) is 5.07. The molecule has 100 valence electrons. The molecule has 1 saturated carbocycles. The molecule has 0 spiro atoms. The number of rotatable bonds is 3. The van der Waals surface area contributed by atoms with Gasteiger partial charge < -0.3 is 4.42 Å². The normalized spacial score (nSPS) is 25.0. The molecule has 1 fully saturated rings. The fourth-order valence-corrected chi connectivity index (χ4v) is 3.81. The van der Waals surface area contributed by atoms with E-state index in [9.17, 15) is 13.2 Å². The molecule has 4 nitrogen and oxygen atoms in total. The van der Waals surface area contributed by atoms with E-state index in [0.717, 1.165) is 12.8 Å². The van der Waals surface area contributed by atoms with Crippen LogP contribution in [0, 0.1) is 12.8 Å². The maximum absolute atomic E-state index is 12.3. The molecule has 0 N–H and O–H groups in total. The van der Waals surface area contributed by atoms with Gasteiger partial charge in [0.1, 0.15) is 15.6 Å². The lowest BCUT2D eigenvalue weighted by Gasteiger charge is -2.26. The number of hydrogen-bond donors (Lipinski definition) is 0. The lowest BCUT2D eigenvalue weighted by Crippen LogP contribution is -2.31. The Bertz CT molecular complexity index is 541. The minimum absolute atomic E-state index is 0.0228. The van der Waals surface area contributed by atoms with Gasteiger partial charge in [0.25, 0.3) is 0 Å². The predicted octanol–water partition coefficient (Wildman–Crippen LogP) is 2.37. The van der Waals surface area contributed by atoms with Crippen molar-refractivity contribution in [3.63, 3.8) is 0 Å². The molecule has 2 unspecified atom stereocenters. The van der Waals surface area contributed by atoms with E-state index in [0.29, 0.717) is 24.2 Å². The molecule has 0 bridgehead atoms. The number of aryl methyl sites for hydroxylation is 1. The molecule has 1 aromatic rings. The maximum Gasteiger partial charge on any atom is 0.169 e. The summed E-state index contributed by atoms with van der Waals surface area (Å²) in [4.78, 5) is 12.3. The molecule has 2 atom stereocenters. The number of sulfone groups is 1. The lowest BCUT2D eigenvalue weighted by molar-refractivity contribution is 0.0889. The Morgan fingerprint density at radius 2 is 2.11 bits per heavy atom. The Morgan fingerprint density at radius 1 is 1.39 bits per heavy atom. The standard InChI is InChI=1S/C13H18O4S/c1-9-12(6-7-17-9)13(14)10-4-3-5-11(8-10)18(2,15)16/h6-7,10-11H,3-5,8H2,1-2H3. The van der Waals surface area contributed by atoms with Gasteiger partial charge in [-0.1, -0.05) is 6.42 Å². The van der Waals surface area contributed by atoms with Crippen molar-refractivity contribution in [3.05, 3.63) is 23.7 Å². The number of carbonyl (C=O) groups excluding carboxylic acids is 1. The second kappa shape index (κ2) is 4.88. The van der Waals surface area contributed by atoms with Crippen molar-refractivity contribution >= 4 is 15.6 Å². The SMILES string of the molecule is Cc1occc1C(=O)C1CCCC(S(C)(=O)=O)C1. The number of ketones is 1. The monoisotopic (exact) mass is 270 g/mol. The van der Waals surface area contributed by atoms with Crippen LogP contribution in [0.3, 0.4) is 0 Å². The summed E-state index contributed by atoms with van der Waals surface area (Å²) >= 11 is 0. The van der Waals surface area contributed by atoms with Gasteiger partial charge in [-0.15, -0.1) is 0 Å². The molecule has 1 aromatic heterocycles. The molecule has 0 aromatic carbocycles. The topological polar surface area (TPSA) is 64.3 Å². The Labute approximate surface area is 107 Å². The summed E-state index contributed by atoms with van der Waals surface area (Å²) in [5.74, 6) is 0.450. The molecular weight excluding hydrogens is 252 g/mol. The van der Waals surface area contributed by atoms with Gasteiger partial charge in [-0.05, 0) is 32.3 Å². The highest BCUT2D eigenvalue weighted by Gasteiger charge is 2.33. The van der Waals surface area contributed by atoms with Crippen molar-refractivity contribution in [2.45, 2.75) is 37.9 Å². The molecule has 18 heavy (non-hydrogen) atoms. The Balaban J connectivity index is 2.15. The van der Waals surface area contributed by atoms with Crippen LogP contribution in [0.5, 0.6) is 0 Å². The molecule has 5 heteroatoms. The Hall–Kier alpha value is -1.10. The zero-order valence-corrected chi connectivity index (χ0v) is 11.5. The summed E-state index contributed by atoms with van der Waals surface area (Å²) < 4.78 is 28.3. The van der Waals surface area contributed by atoms with E-state index >= 15 is 0 Å². The van der Waals surface area contributed by atoms with Crippen LogP contribution in [0.2, 0.25) is 0 Å². The average Bonchev–Trinajstić information content (AvgIpc) is 2.73. The molecule has 1 heterocycles. The highest BCUT2D eigenvalue weighted by atomic mass is 32.2. The van der Waals surface area contributed by atoms with Crippen LogP contribution in [0.1, 0.15) is 41.8 Å². The molecule has 0 saturated heterocycles. The van der Waals surface area contributed by atoms with E-state index in [1.54, 1.807) is 13.0 Å². The number of carbonyl (C=O) groups is 1. The third-order valence-corrected chi connectivity index (χ3v) is 5.37. The van der Waals surface area contributed by atoms with Crippen molar-refractivity contribution in [3.8, 4) is 0 Å². The summed E-state index contributed by atoms with van der Waals surface area (Å²) in [6.45, 7) is 1.75. The van der Waals surface area contributed by atoms with Crippen LogP contribution in [0.4, 0.5) is 0 Å². The molecule has 0 aliphatic heterocycles. The minimum Gasteiger partial charge on any atom is -0.469 e. The predicted molar refractivity (Wildman–Crippen MR) is 68.4 cm³/mol. The van der Waals surface area contributed by atoms with Gasteiger partial charge in [0.15, 0.2) is 5.78 Å². The van der Waals surface area contributed by atoms with E-state index in [-0.39, 0.29) is 17.0 Å². The van der Waals surface area contributed by atoms with E-state index in [1.165, 1.54) is 12.5 Å². The van der Waals surface area contributed by atoms with Crippen molar-refractivity contribution in [2.75, 3.05) is 6.26 Å². The lowest BCUT2D eigenvalue weighted by atomic mass is 9.83. The average molecular weight is 270 g/mol. The molecular formula is C13H18O4S. The van der Waals surface area contributed by atoms with Gasteiger partial charge in [-0.3, -0.25) is 4.79 Å². The Morgan fingerprint density at radius 3 is 2.67 bits per heavy atom. The zero-order valence-electron chi connectivity index (χ0n) is 10.7. The summed E-state index contributed by atoms with van der Waals surface area (Å²) in [7, 11) is -3.05. The minimum atomic E-state index is -3.05. The summed E-state index contributed by atoms with van der Waals surface area (Å²) in [6.07, 6.45) is 5.45. The first-order chi connectivity index (χ1) is 8.39. The van der Waals surface area contributed by atoms with Crippen molar-refractivity contribution in [1.82, 2.24) is 0 Å². The summed E-state index contributed by atoms with van der Waals surface area (Å²) in [6, 6.07) is 1.67. The number of hydrogen-bond acceptors (Lipinski definition) is 4. The number of Topliss-reactive ketones (excluding diaryl/α,β-unsaturated/α-hetero) is 1. The summed E-state index contributed by atoms with van der Waals surface area (Å²) in [5, 5.41) is -0.368. The van der Waals surface area contributed by atoms with Gasteiger partial charge >= 0.3 is 0 Å². The van der Waals surface area contributed by atoms with Crippen LogP contribution in [-0.2, 0) is 9.84 Å². The fraction of sp³-hybridized carbons (Fsp3) is 0.615. The van der Waals surface area contributed by atoms with Crippen LogP contribution in [0.15, 0.2) is 16.7 Å². The largest absolute Gasteiger partial charge is 0.469 e. The van der Waals surface area contributed by atoms with E-state index in [4.69, 9.17) is 4.42 Å². The first-order valence-electron chi connectivity index (χ1n) is 6.16. The third-order valence-electron chi connectivity index (χ3n) is 3.73. The van der Waals surface area contributed by atoms with Crippen LogP contribution in [0.25, 0.3) is 0 Å². The van der Waals surface area contributed by atoms with Gasteiger partial charge in [0.05, 0.1) is 17.1 Å². The first-order valence-corrected chi connectivity index (χ1v) is 8.12. The first kappa shape index (κ1) is 13.3. The molecule has 1 aliphatic carbocycles. The Kier molecular flexibility index (Phi) is 3.61. The van der Waals surface area contributed by atoms with Gasteiger partial charge in [0.2, 0.25) is 0 Å². The van der Waals surface area contributed by atoms with Crippen molar-refractivity contribution in [2.24, 2.45) is 5.92 Å². The van der Waals surface area contributed by atoms with Gasteiger partial charge in [0, 0.05) is 12.2 Å². The van der Waals surface area contributed by atoms with Crippen LogP contribution >= 0.6 is 0 Å². The molecule has 0 amide bonds. The van der Waals surface area contributed by atoms with Crippen LogP contribution in [-0.4, -0.2) is 25.7 Å². The van der Waals surface area contributed by atoms with Gasteiger partial charge in [-0.2, -0.15) is 0 Å².